The fourth-order valence-corrected chi connectivity index (χ4v) is 4.65. The van der Waals surface area contributed by atoms with Crippen molar-refractivity contribution in [2.24, 2.45) is 0 Å². The third kappa shape index (κ3) is 4.21. The smallest absolute Gasteiger partial charge is 0.0946 e. The summed E-state index contributed by atoms with van der Waals surface area (Å²) >= 11 is 74.7. The summed E-state index contributed by atoms with van der Waals surface area (Å²) in [6, 6.07) is 0. The van der Waals surface area contributed by atoms with E-state index < -0.39 is 36.5 Å². The van der Waals surface area contributed by atoms with Crippen LogP contribution in [0.2, 0.25) is 0 Å². The van der Waals surface area contributed by atoms with Crippen molar-refractivity contribution in [1.82, 2.24) is 0 Å². The van der Waals surface area contributed by atoms with E-state index in [1.54, 1.807) is 0 Å². The van der Waals surface area contributed by atoms with Gasteiger partial charge in [0.1, 0.15) is 0 Å². The molecule has 0 atom stereocenters. The maximum Gasteiger partial charge on any atom is 0.504 e. The van der Waals surface area contributed by atoms with Crippen molar-refractivity contribution in [1.29, 1.82) is 0 Å². The van der Waals surface area contributed by atoms with Crippen LogP contribution in [-0.4, -0.2) is 24.8 Å². The maximum absolute atomic E-state index is 11.0. The van der Waals surface area contributed by atoms with E-state index in [-0.39, 0.29) is 0 Å². The summed E-state index contributed by atoms with van der Waals surface area (Å²) in [6.07, 6.45) is 0. The minimum Gasteiger partial charge on any atom is -0.0946 e. The monoisotopic (exact) mass is 575 g/mol. The molecule has 0 heterocycles. The zero-order valence-electron chi connectivity index (χ0n) is 8.73. The molecule has 0 bridgehead atoms. The average Bonchev–Trinajstić information content (AvgIpc) is 2.26. The van der Waals surface area contributed by atoms with Crippen LogP contribution in [0.1, 0.15) is 0 Å². The van der Waals surface area contributed by atoms with E-state index in [4.69, 9.17) is 151 Å². The average molecular weight is 581 g/mol. The molecule has 0 saturated carbocycles. The highest BCUT2D eigenvalue weighted by atomic mass is 35.6. The summed E-state index contributed by atoms with van der Waals surface area (Å²) in [5, 5.41) is 0. The van der Waals surface area contributed by atoms with Crippen molar-refractivity contribution in [2.75, 3.05) is 0 Å². The Kier molecular flexibility index (Phi) is 8.77. The van der Waals surface area contributed by atoms with E-state index in [0.717, 1.165) is 0 Å². The molecule has 0 aliphatic carbocycles. The van der Waals surface area contributed by atoms with Gasteiger partial charge in [-0.25, -0.2) is 0 Å². The third-order valence-electron chi connectivity index (χ3n) is 2.01. The van der Waals surface area contributed by atoms with Crippen LogP contribution in [0.25, 0.3) is 0 Å². The summed E-state index contributed by atoms with van der Waals surface area (Å²) in [4.78, 5) is 0. The highest BCUT2D eigenvalue weighted by Gasteiger charge is 2.80. The lowest BCUT2D eigenvalue weighted by Crippen LogP contribution is -2.65. The Bertz CT molecular complexity index is 409. The van der Waals surface area contributed by atoms with Gasteiger partial charge in [-0.1, -0.05) is 128 Å². The molecule has 126 valence electrons. The van der Waals surface area contributed by atoms with Crippen molar-refractivity contribution >= 4 is 162 Å². The molecule has 0 aromatic heterocycles. The molecular formula is C6Cl13OS+. The molecule has 0 rings (SSSR count). The first kappa shape index (κ1) is 24.8. The van der Waals surface area contributed by atoms with E-state index in [1.165, 1.54) is 0 Å². The predicted octanol–water partition coefficient (Wildman–Crippen LogP) is 7.61. The number of hydrogen-bond donors (Lipinski definition) is 0. The highest BCUT2D eigenvalue weighted by Crippen LogP contribution is 2.68. The van der Waals surface area contributed by atoms with Crippen LogP contribution in [0.15, 0.2) is 0 Å². The Morgan fingerprint density at radius 3 is 1.00 bits per heavy atom. The SMILES string of the molecule is O=[S+]C(Cl)(Cl)C(Cl)(Cl)C(Cl)(Cl)C(Cl)(Cl)C(Cl)(Cl)C(Cl)(Cl)Cl. The predicted molar refractivity (Wildman–Crippen MR) is 101 cm³/mol. The van der Waals surface area contributed by atoms with Crippen molar-refractivity contribution < 1.29 is 4.21 Å². The van der Waals surface area contributed by atoms with Crippen molar-refractivity contribution in [3.63, 3.8) is 0 Å². The Labute approximate surface area is 189 Å². The second kappa shape index (κ2) is 7.43. The molecule has 0 radical (unpaired) electrons. The van der Waals surface area contributed by atoms with Gasteiger partial charge in [0.15, 0.2) is 8.67 Å². The first-order chi connectivity index (χ1) is 8.81. The Balaban J connectivity index is 6.20. The van der Waals surface area contributed by atoms with Gasteiger partial charge in [-0.15, -0.1) is 0 Å². The first-order valence-electron chi connectivity index (χ1n) is 4.08. The standard InChI is InChI=1S/C6Cl13OS/c7-1(8,3(11,12)5(15,16)17)2(9,10)4(13,14)6(18,19)21-20/q+1. The van der Waals surface area contributed by atoms with Gasteiger partial charge in [-0.3, -0.25) is 0 Å². The van der Waals surface area contributed by atoms with Crippen LogP contribution in [0.3, 0.4) is 0 Å². The number of halogens is 13. The molecule has 0 amide bonds. The van der Waals surface area contributed by atoms with Gasteiger partial charge in [0.05, 0.1) is 0 Å². The van der Waals surface area contributed by atoms with Crippen molar-refractivity contribution in [3.8, 4) is 0 Å². The number of rotatable bonds is 5. The summed E-state index contributed by atoms with van der Waals surface area (Å²) in [5.41, 5.74) is 0. The fraction of sp³-hybridized carbons (Fsp3) is 1.00. The van der Waals surface area contributed by atoms with E-state index in [0.29, 0.717) is 0 Å². The highest BCUT2D eigenvalue weighted by molar-refractivity contribution is 7.71. The van der Waals surface area contributed by atoms with Gasteiger partial charge in [0, 0.05) is 4.21 Å². The zero-order chi connectivity index (χ0) is 17.7. The number of hydrogen-bond acceptors (Lipinski definition) is 1. The fourth-order valence-electron chi connectivity index (χ4n) is 0.807. The summed E-state index contributed by atoms with van der Waals surface area (Å²) in [6.45, 7) is 0. The molecule has 0 spiro atoms. The van der Waals surface area contributed by atoms with Crippen molar-refractivity contribution in [2.45, 2.75) is 24.8 Å². The van der Waals surface area contributed by atoms with Gasteiger partial charge in [-0.05, 0) is 23.2 Å². The second-order valence-electron chi connectivity index (χ2n) is 3.40. The van der Waals surface area contributed by atoms with Crippen LogP contribution in [0.4, 0.5) is 0 Å². The van der Waals surface area contributed by atoms with Gasteiger partial charge < -0.3 is 0 Å². The van der Waals surface area contributed by atoms with Gasteiger partial charge in [0.2, 0.25) is 12.5 Å². The Morgan fingerprint density at radius 1 is 0.476 bits per heavy atom. The minimum atomic E-state index is -2.78. The lowest BCUT2D eigenvalue weighted by molar-refractivity contribution is 0.527. The summed E-state index contributed by atoms with van der Waals surface area (Å²) < 4.78 is -4.95. The third-order valence-corrected chi connectivity index (χ3v) is 11.2. The number of alkyl halides is 13. The second-order valence-corrected chi connectivity index (χ2v) is 13.5. The molecule has 15 heteroatoms. The molecule has 0 N–H and O–H groups in total. The zero-order valence-corrected chi connectivity index (χ0v) is 19.4. The molecule has 21 heavy (non-hydrogen) atoms. The van der Waals surface area contributed by atoms with E-state index in [9.17, 15) is 4.21 Å². The van der Waals surface area contributed by atoms with Gasteiger partial charge >= 0.3 is 15.3 Å². The lowest BCUT2D eigenvalue weighted by Gasteiger charge is -2.47. The quantitative estimate of drug-likeness (QED) is 0.242. The molecule has 0 fully saturated rings. The largest absolute Gasteiger partial charge is 0.504 e. The minimum absolute atomic E-state index is 0.459. The molecule has 0 aliphatic heterocycles. The van der Waals surface area contributed by atoms with Crippen molar-refractivity contribution in [3.05, 3.63) is 0 Å². The molecule has 0 saturated heterocycles. The summed E-state index contributed by atoms with van der Waals surface area (Å²) in [5.74, 6) is 0. The molecule has 0 aromatic rings. The van der Waals surface area contributed by atoms with Crippen LogP contribution < -0.4 is 0 Å². The van der Waals surface area contributed by atoms with Crippen LogP contribution >= 0.6 is 151 Å². The van der Waals surface area contributed by atoms with E-state index in [2.05, 4.69) is 0 Å². The molecule has 1 nitrogen and oxygen atoms in total. The topological polar surface area (TPSA) is 17.1 Å². The van der Waals surface area contributed by atoms with Crippen LogP contribution in [0, 0.1) is 0 Å². The van der Waals surface area contributed by atoms with E-state index >= 15 is 0 Å². The lowest BCUT2D eigenvalue weighted by atomic mass is 10.1. The Hall–Kier alpha value is 3.79. The molecule has 0 aromatic carbocycles. The molecule has 0 aliphatic rings. The maximum atomic E-state index is 11.0. The molecular weight excluding hydrogens is 581 g/mol. The first-order valence-corrected chi connectivity index (χ1v) is 9.73. The Morgan fingerprint density at radius 2 is 0.762 bits per heavy atom. The normalized spacial score (nSPS) is 16.0. The van der Waals surface area contributed by atoms with Gasteiger partial charge in [-0.2, -0.15) is 0 Å². The van der Waals surface area contributed by atoms with E-state index in [1.807, 2.05) is 0 Å². The molecule has 0 unspecified atom stereocenters. The van der Waals surface area contributed by atoms with Crippen LogP contribution in [0.5, 0.6) is 0 Å². The summed E-state index contributed by atoms with van der Waals surface area (Å²) in [7, 11) is 0. The van der Waals surface area contributed by atoms with Gasteiger partial charge in [0.25, 0.3) is 0 Å². The van der Waals surface area contributed by atoms with Crippen LogP contribution in [-0.2, 0) is 15.9 Å².